The summed E-state index contributed by atoms with van der Waals surface area (Å²) in [4.78, 5) is 7.17. The summed E-state index contributed by atoms with van der Waals surface area (Å²) >= 11 is 0. The first kappa shape index (κ1) is 8.26. The quantitative estimate of drug-likeness (QED) is 0.696. The zero-order chi connectivity index (χ0) is 9.47. The van der Waals surface area contributed by atoms with Crippen molar-refractivity contribution in [2.45, 2.75) is 19.4 Å². The number of nitrogens with one attached hydrogen (secondary N) is 1. The number of hydrogen-bond acceptors (Lipinski definition) is 2. The molecular weight excluding hydrogens is 164 g/mol. The van der Waals surface area contributed by atoms with Crippen LogP contribution in [0.15, 0.2) is 24.5 Å². The van der Waals surface area contributed by atoms with Crippen LogP contribution in [-0.4, -0.2) is 15.1 Å². The summed E-state index contributed by atoms with van der Waals surface area (Å²) in [5, 5.41) is 10.8. The van der Waals surface area contributed by atoms with E-state index in [0.717, 1.165) is 16.6 Å². The van der Waals surface area contributed by atoms with Gasteiger partial charge in [-0.3, -0.25) is 0 Å². The molecule has 2 aromatic rings. The Bertz CT molecular complexity index is 426. The van der Waals surface area contributed by atoms with Crippen molar-refractivity contribution in [3.05, 3.63) is 30.1 Å². The van der Waals surface area contributed by atoms with Crippen LogP contribution in [0.4, 0.5) is 0 Å². The van der Waals surface area contributed by atoms with Crippen LogP contribution in [0.3, 0.4) is 0 Å². The third kappa shape index (κ3) is 1.31. The highest BCUT2D eigenvalue weighted by molar-refractivity contribution is 5.80. The number of aromatic nitrogens is 2. The second kappa shape index (κ2) is 2.57. The maximum absolute atomic E-state index is 9.83. The molecule has 2 aromatic heterocycles. The number of H-pyrrole nitrogens is 1. The van der Waals surface area contributed by atoms with Crippen molar-refractivity contribution >= 4 is 11.0 Å². The Hall–Kier alpha value is -1.35. The van der Waals surface area contributed by atoms with Gasteiger partial charge in [0.05, 0.1) is 5.60 Å². The molecule has 0 unspecified atom stereocenters. The average Bonchev–Trinajstić information content (AvgIpc) is 2.45. The number of aromatic amines is 1. The van der Waals surface area contributed by atoms with Gasteiger partial charge >= 0.3 is 0 Å². The van der Waals surface area contributed by atoms with E-state index in [0.29, 0.717) is 0 Å². The fraction of sp³-hybridized carbons (Fsp3) is 0.300. The van der Waals surface area contributed by atoms with E-state index in [1.54, 1.807) is 26.2 Å². The summed E-state index contributed by atoms with van der Waals surface area (Å²) in [6.45, 7) is 3.53. The van der Waals surface area contributed by atoms with E-state index in [1.165, 1.54) is 0 Å². The molecule has 0 bridgehead atoms. The van der Waals surface area contributed by atoms with Gasteiger partial charge in [0, 0.05) is 23.3 Å². The van der Waals surface area contributed by atoms with Crippen molar-refractivity contribution in [2.75, 3.05) is 0 Å². The first-order valence-corrected chi connectivity index (χ1v) is 4.24. The molecule has 0 saturated carbocycles. The van der Waals surface area contributed by atoms with Crippen LogP contribution in [0, 0.1) is 0 Å². The maximum atomic E-state index is 9.83. The van der Waals surface area contributed by atoms with Crippen LogP contribution in [0.5, 0.6) is 0 Å². The molecule has 3 heteroatoms. The van der Waals surface area contributed by atoms with Gasteiger partial charge < -0.3 is 10.1 Å². The molecule has 0 amide bonds. The van der Waals surface area contributed by atoms with Gasteiger partial charge in [-0.05, 0) is 26.0 Å². The molecular formula is C10H12N2O. The molecule has 2 heterocycles. The molecule has 0 aliphatic heterocycles. The van der Waals surface area contributed by atoms with Crippen LogP contribution < -0.4 is 0 Å². The topological polar surface area (TPSA) is 48.9 Å². The summed E-state index contributed by atoms with van der Waals surface area (Å²) in [5.74, 6) is 0. The minimum atomic E-state index is -0.818. The summed E-state index contributed by atoms with van der Waals surface area (Å²) in [7, 11) is 0. The lowest BCUT2D eigenvalue weighted by atomic mass is 9.99. The van der Waals surface area contributed by atoms with Crippen LogP contribution in [-0.2, 0) is 5.60 Å². The number of nitrogens with zero attached hydrogens (tertiary/aromatic N) is 1. The number of hydrogen-bond donors (Lipinski definition) is 2. The van der Waals surface area contributed by atoms with Gasteiger partial charge in [-0.15, -0.1) is 0 Å². The lowest BCUT2D eigenvalue weighted by Gasteiger charge is -2.15. The predicted octanol–water partition coefficient (Wildman–Crippen LogP) is 1.79. The average molecular weight is 176 g/mol. The van der Waals surface area contributed by atoms with Gasteiger partial charge in [0.25, 0.3) is 0 Å². The highest BCUT2D eigenvalue weighted by atomic mass is 16.3. The first-order valence-electron chi connectivity index (χ1n) is 4.24. The van der Waals surface area contributed by atoms with Gasteiger partial charge in [-0.1, -0.05) is 0 Å². The molecule has 2 rings (SSSR count). The molecule has 0 spiro atoms. The molecule has 68 valence electrons. The summed E-state index contributed by atoms with van der Waals surface area (Å²) in [5.41, 5.74) is 0.886. The highest BCUT2D eigenvalue weighted by Gasteiger charge is 2.19. The van der Waals surface area contributed by atoms with Gasteiger partial charge in [0.2, 0.25) is 0 Å². The predicted molar refractivity (Wildman–Crippen MR) is 51.3 cm³/mol. The van der Waals surface area contributed by atoms with Crippen molar-refractivity contribution in [3.63, 3.8) is 0 Å². The molecule has 0 atom stereocenters. The van der Waals surface area contributed by atoms with E-state index >= 15 is 0 Å². The number of rotatable bonds is 1. The van der Waals surface area contributed by atoms with Crippen molar-refractivity contribution in [1.29, 1.82) is 0 Å². The molecule has 0 aliphatic rings. The van der Waals surface area contributed by atoms with Crippen LogP contribution in [0.1, 0.15) is 19.4 Å². The van der Waals surface area contributed by atoms with Crippen LogP contribution >= 0.6 is 0 Å². The Morgan fingerprint density at radius 3 is 2.92 bits per heavy atom. The van der Waals surface area contributed by atoms with E-state index in [4.69, 9.17) is 0 Å². The monoisotopic (exact) mass is 176 g/mol. The lowest BCUT2D eigenvalue weighted by molar-refractivity contribution is 0.0802. The van der Waals surface area contributed by atoms with E-state index in [2.05, 4.69) is 9.97 Å². The Kier molecular flexibility index (Phi) is 1.63. The zero-order valence-corrected chi connectivity index (χ0v) is 7.70. The molecule has 13 heavy (non-hydrogen) atoms. The highest BCUT2D eigenvalue weighted by Crippen LogP contribution is 2.26. The Balaban J connectivity index is 2.72. The molecule has 0 radical (unpaired) electrons. The minimum absolute atomic E-state index is 0.818. The van der Waals surface area contributed by atoms with Crippen LogP contribution in [0.2, 0.25) is 0 Å². The molecule has 0 saturated heterocycles. The second-order valence-corrected chi connectivity index (χ2v) is 3.66. The van der Waals surface area contributed by atoms with Crippen LogP contribution in [0.25, 0.3) is 11.0 Å². The van der Waals surface area contributed by atoms with Crippen molar-refractivity contribution < 1.29 is 5.11 Å². The molecule has 2 N–H and O–H groups in total. The number of pyridine rings is 1. The molecule has 3 nitrogen and oxygen atoms in total. The maximum Gasteiger partial charge on any atom is 0.137 e. The van der Waals surface area contributed by atoms with E-state index in [1.807, 2.05) is 12.1 Å². The van der Waals surface area contributed by atoms with E-state index in [9.17, 15) is 5.11 Å². The van der Waals surface area contributed by atoms with Crippen molar-refractivity contribution in [3.8, 4) is 0 Å². The zero-order valence-electron chi connectivity index (χ0n) is 7.70. The SMILES string of the molecule is CC(C)(O)c1c[nH]c2ncccc12. The lowest BCUT2D eigenvalue weighted by Crippen LogP contribution is -2.14. The third-order valence-corrected chi connectivity index (χ3v) is 2.11. The Morgan fingerprint density at radius 1 is 1.46 bits per heavy atom. The van der Waals surface area contributed by atoms with E-state index < -0.39 is 5.60 Å². The summed E-state index contributed by atoms with van der Waals surface area (Å²) in [6.07, 6.45) is 3.53. The summed E-state index contributed by atoms with van der Waals surface area (Å²) in [6, 6.07) is 3.82. The molecule has 0 fully saturated rings. The molecule has 0 aromatic carbocycles. The van der Waals surface area contributed by atoms with Gasteiger partial charge in [0.1, 0.15) is 5.65 Å². The second-order valence-electron chi connectivity index (χ2n) is 3.66. The number of aliphatic hydroxyl groups is 1. The minimum Gasteiger partial charge on any atom is -0.386 e. The fourth-order valence-corrected chi connectivity index (χ4v) is 1.46. The van der Waals surface area contributed by atoms with Gasteiger partial charge in [-0.25, -0.2) is 4.98 Å². The van der Waals surface area contributed by atoms with Gasteiger partial charge in [-0.2, -0.15) is 0 Å². The Morgan fingerprint density at radius 2 is 2.23 bits per heavy atom. The normalized spacial score (nSPS) is 12.2. The standard InChI is InChI=1S/C10H12N2O/c1-10(2,13)8-6-12-9-7(8)4-3-5-11-9/h3-6,13H,1-2H3,(H,11,12). The van der Waals surface area contributed by atoms with Gasteiger partial charge in [0.15, 0.2) is 0 Å². The summed E-state index contributed by atoms with van der Waals surface area (Å²) < 4.78 is 0. The molecule has 0 aliphatic carbocycles. The smallest absolute Gasteiger partial charge is 0.137 e. The van der Waals surface area contributed by atoms with Crippen molar-refractivity contribution in [1.82, 2.24) is 9.97 Å². The van der Waals surface area contributed by atoms with Crippen molar-refractivity contribution in [2.24, 2.45) is 0 Å². The largest absolute Gasteiger partial charge is 0.386 e. The third-order valence-electron chi connectivity index (χ3n) is 2.11. The fourth-order valence-electron chi connectivity index (χ4n) is 1.46. The first-order chi connectivity index (χ1) is 6.09. The Labute approximate surface area is 76.4 Å². The number of fused-ring (bicyclic) bond motifs is 1. The van der Waals surface area contributed by atoms with E-state index in [-0.39, 0.29) is 0 Å².